The number of nitrogens with one attached hydrogen (secondary N) is 1. The number of furan rings is 1. The van der Waals surface area contributed by atoms with E-state index in [1.165, 1.54) is 12.1 Å². The number of fused-ring (bicyclic) bond motifs is 1. The molecule has 1 fully saturated rings. The lowest BCUT2D eigenvalue weighted by Crippen LogP contribution is -2.30. The number of phenols is 1. The highest BCUT2D eigenvalue weighted by molar-refractivity contribution is 5.93. The Morgan fingerprint density at radius 1 is 1.22 bits per heavy atom. The van der Waals surface area contributed by atoms with Crippen molar-refractivity contribution in [2.75, 3.05) is 0 Å². The molecule has 178 valence electrons. The number of nitrogens with zero attached hydrogens (tertiary/aromatic N) is 2. The number of rotatable bonds is 5. The summed E-state index contributed by atoms with van der Waals surface area (Å²) >= 11 is 0. The number of aromatic hydroxyl groups is 1. The Kier molecular flexibility index (Phi) is 5.91. The highest BCUT2D eigenvalue weighted by atomic mass is 19.1. The molecule has 2 aromatic carbocycles. The lowest BCUT2D eigenvalue weighted by Gasteiger charge is -2.18. The van der Waals surface area contributed by atoms with E-state index in [-0.39, 0.29) is 22.4 Å². The average Bonchev–Trinajstić information content (AvgIpc) is 3.49. The van der Waals surface area contributed by atoms with Crippen LogP contribution in [-0.4, -0.2) is 16.0 Å². The molecule has 0 radical (unpaired) electrons. The van der Waals surface area contributed by atoms with Crippen molar-refractivity contribution in [3.05, 3.63) is 94.8 Å². The van der Waals surface area contributed by atoms with E-state index >= 15 is 0 Å². The molecule has 1 aliphatic carbocycles. The molecule has 2 aromatic heterocycles. The van der Waals surface area contributed by atoms with Gasteiger partial charge in [0.15, 0.2) is 0 Å². The van der Waals surface area contributed by atoms with Crippen molar-refractivity contribution >= 4 is 16.9 Å². The highest BCUT2D eigenvalue weighted by Crippen LogP contribution is 2.47. The molecular weight excluding hydrogens is 457 g/mol. The molecule has 2 heterocycles. The minimum absolute atomic E-state index is 0.126. The molecule has 1 saturated carbocycles. The molecular formula is C29H22FN3O3. The first-order chi connectivity index (χ1) is 17.4. The third-order valence-corrected chi connectivity index (χ3v) is 6.23. The Balaban J connectivity index is 1.50. The van der Waals surface area contributed by atoms with E-state index in [0.717, 1.165) is 24.3 Å². The summed E-state index contributed by atoms with van der Waals surface area (Å²) in [5.74, 6) is 5.33. The Morgan fingerprint density at radius 3 is 2.78 bits per heavy atom. The van der Waals surface area contributed by atoms with Crippen LogP contribution in [0.4, 0.5) is 4.39 Å². The van der Waals surface area contributed by atoms with Gasteiger partial charge in [0.1, 0.15) is 34.6 Å². The van der Waals surface area contributed by atoms with Gasteiger partial charge < -0.3 is 14.8 Å². The number of amides is 1. The minimum atomic E-state index is -0.970. The van der Waals surface area contributed by atoms with Gasteiger partial charge in [0.05, 0.1) is 12.5 Å². The number of para-hydroxylation sites is 1. The number of carbonyl (C=O) groups excluding carboxylic acids is 1. The summed E-state index contributed by atoms with van der Waals surface area (Å²) in [5, 5.41) is 23.2. The van der Waals surface area contributed by atoms with Gasteiger partial charge in [-0.1, -0.05) is 30.0 Å². The van der Waals surface area contributed by atoms with Crippen LogP contribution >= 0.6 is 0 Å². The monoisotopic (exact) mass is 479 g/mol. The van der Waals surface area contributed by atoms with Gasteiger partial charge in [0.2, 0.25) is 0 Å². The third-order valence-electron chi connectivity index (χ3n) is 6.23. The van der Waals surface area contributed by atoms with Crippen molar-refractivity contribution in [3.8, 4) is 23.7 Å². The van der Waals surface area contributed by atoms with E-state index in [4.69, 9.17) is 9.68 Å². The Labute approximate surface area is 207 Å². The van der Waals surface area contributed by atoms with Crippen LogP contribution in [0.1, 0.15) is 58.4 Å². The topological polar surface area (TPSA) is 99.2 Å². The number of aryl methyl sites for hydroxylation is 1. The average molecular weight is 480 g/mol. The normalized spacial score (nSPS) is 14.4. The zero-order valence-electron chi connectivity index (χ0n) is 19.5. The van der Waals surface area contributed by atoms with Gasteiger partial charge in [0.25, 0.3) is 5.91 Å². The number of hydrogen-bond acceptors (Lipinski definition) is 5. The number of hydrogen-bond donors (Lipinski definition) is 2. The second-order valence-corrected chi connectivity index (χ2v) is 9.04. The largest absolute Gasteiger partial charge is 0.508 e. The first-order valence-electron chi connectivity index (χ1n) is 11.5. The summed E-state index contributed by atoms with van der Waals surface area (Å²) in [6.45, 7) is 1.76. The Bertz CT molecular complexity index is 1550. The van der Waals surface area contributed by atoms with Gasteiger partial charge in [-0.3, -0.25) is 4.79 Å². The van der Waals surface area contributed by atoms with Crippen LogP contribution in [0.3, 0.4) is 0 Å². The maximum absolute atomic E-state index is 14.1. The number of halogens is 1. The summed E-state index contributed by atoms with van der Waals surface area (Å²) in [4.78, 5) is 17.7. The molecule has 6 nitrogen and oxygen atoms in total. The van der Waals surface area contributed by atoms with E-state index in [0.29, 0.717) is 29.0 Å². The molecule has 2 N–H and O–H groups in total. The van der Waals surface area contributed by atoms with Gasteiger partial charge in [-0.2, -0.15) is 5.26 Å². The Hall–Kier alpha value is -4.62. The molecule has 1 unspecified atom stereocenters. The summed E-state index contributed by atoms with van der Waals surface area (Å²) in [7, 11) is 0. The smallest absolute Gasteiger partial charge is 0.270 e. The van der Waals surface area contributed by atoms with Crippen LogP contribution in [0.2, 0.25) is 0 Å². The van der Waals surface area contributed by atoms with E-state index in [1.807, 2.05) is 18.2 Å². The third kappa shape index (κ3) is 4.78. The van der Waals surface area contributed by atoms with Crippen LogP contribution in [0.15, 0.2) is 65.1 Å². The van der Waals surface area contributed by atoms with E-state index in [1.54, 1.807) is 31.2 Å². The van der Waals surface area contributed by atoms with Crippen molar-refractivity contribution in [2.45, 2.75) is 32.2 Å². The van der Waals surface area contributed by atoms with Crippen LogP contribution in [0, 0.1) is 41.3 Å². The van der Waals surface area contributed by atoms with Crippen molar-refractivity contribution in [1.82, 2.24) is 10.3 Å². The molecule has 1 aliphatic rings. The van der Waals surface area contributed by atoms with Gasteiger partial charge in [0, 0.05) is 27.6 Å². The van der Waals surface area contributed by atoms with E-state index in [2.05, 4.69) is 28.2 Å². The zero-order valence-corrected chi connectivity index (χ0v) is 19.5. The Morgan fingerprint density at radius 2 is 2.03 bits per heavy atom. The second-order valence-electron chi connectivity index (χ2n) is 9.04. The molecule has 0 spiro atoms. The quantitative estimate of drug-likeness (QED) is 0.366. The lowest BCUT2D eigenvalue weighted by atomic mass is 10.0. The number of benzene rings is 2. The number of pyridine rings is 1. The summed E-state index contributed by atoms with van der Waals surface area (Å²) in [5.41, 5.74) is 1.84. The van der Waals surface area contributed by atoms with Gasteiger partial charge in [-0.05, 0) is 62.2 Å². The fourth-order valence-electron chi connectivity index (χ4n) is 4.12. The number of carbonyl (C=O) groups is 1. The minimum Gasteiger partial charge on any atom is -0.508 e. The van der Waals surface area contributed by atoms with Gasteiger partial charge in [-0.15, -0.1) is 0 Å². The summed E-state index contributed by atoms with van der Waals surface area (Å²) < 4.78 is 20.1. The summed E-state index contributed by atoms with van der Waals surface area (Å²) in [6.07, 6.45) is 2.16. The van der Waals surface area contributed by atoms with E-state index < -0.39 is 17.8 Å². The first kappa shape index (κ1) is 23.1. The van der Waals surface area contributed by atoms with Crippen LogP contribution < -0.4 is 5.32 Å². The molecule has 5 rings (SSSR count). The lowest BCUT2D eigenvalue weighted by molar-refractivity contribution is 0.0933. The molecule has 36 heavy (non-hydrogen) atoms. The number of aromatic nitrogens is 1. The molecule has 0 bridgehead atoms. The predicted octanol–water partition coefficient (Wildman–Crippen LogP) is 5.55. The van der Waals surface area contributed by atoms with Crippen molar-refractivity contribution in [3.63, 3.8) is 0 Å². The maximum Gasteiger partial charge on any atom is 0.270 e. The maximum atomic E-state index is 14.1. The van der Waals surface area contributed by atoms with Crippen LogP contribution in [0.5, 0.6) is 5.75 Å². The number of nitriles is 1. The zero-order chi connectivity index (χ0) is 25.3. The molecule has 1 atom stereocenters. The summed E-state index contributed by atoms with van der Waals surface area (Å²) in [6, 6.07) is 17.2. The number of phenolic OH excluding ortho intramolecular Hbond substituents is 1. The van der Waals surface area contributed by atoms with Crippen LogP contribution in [-0.2, 0) is 0 Å². The van der Waals surface area contributed by atoms with Crippen molar-refractivity contribution in [1.29, 1.82) is 5.26 Å². The SMILES string of the molecule is Cc1cc(C#CC2(CC#N)CC2)cc(C(=O)NC(c2cc3ccccc3o2)c2cc(F)ccc2O)n1. The van der Waals surface area contributed by atoms with Gasteiger partial charge in [-0.25, -0.2) is 9.37 Å². The molecule has 0 saturated heterocycles. The predicted molar refractivity (Wildman–Crippen MR) is 131 cm³/mol. The molecule has 4 aromatic rings. The van der Waals surface area contributed by atoms with Crippen LogP contribution in [0.25, 0.3) is 11.0 Å². The second kappa shape index (κ2) is 9.20. The van der Waals surface area contributed by atoms with Crippen molar-refractivity contribution < 1.29 is 18.7 Å². The molecule has 7 heteroatoms. The first-order valence-corrected chi connectivity index (χ1v) is 11.5. The fourth-order valence-corrected chi connectivity index (χ4v) is 4.12. The molecule has 1 amide bonds. The molecule has 0 aliphatic heterocycles. The standard InChI is InChI=1S/C29H22FN3O3/c1-18-14-19(8-9-29(10-11-29)12-13-31)15-23(32-18)28(35)33-27(22-17-21(30)6-7-24(22)34)26-16-20-4-2-3-5-25(20)36-26/h2-7,14-17,27,34H,10-12H2,1H3,(H,33,35). The fraction of sp³-hybridized carbons (Fsp3) is 0.207. The van der Waals surface area contributed by atoms with Crippen molar-refractivity contribution in [2.24, 2.45) is 5.41 Å². The highest BCUT2D eigenvalue weighted by Gasteiger charge is 2.40. The van der Waals surface area contributed by atoms with E-state index in [9.17, 15) is 14.3 Å². The van der Waals surface area contributed by atoms with Gasteiger partial charge >= 0.3 is 0 Å².